The third kappa shape index (κ3) is 9.59. The van der Waals surface area contributed by atoms with Crippen LogP contribution in [0.3, 0.4) is 0 Å². The maximum Gasteiger partial charge on any atom is 0.332 e. The molecule has 2 aliphatic heterocycles. The lowest BCUT2D eigenvalue weighted by Crippen LogP contribution is -2.13. The van der Waals surface area contributed by atoms with Gasteiger partial charge in [-0.3, -0.25) is 9.59 Å². The van der Waals surface area contributed by atoms with Crippen molar-refractivity contribution in [1.29, 1.82) is 0 Å². The molecule has 1 unspecified atom stereocenters. The summed E-state index contributed by atoms with van der Waals surface area (Å²) >= 11 is 0. The van der Waals surface area contributed by atoms with Crippen LogP contribution in [-0.2, 0) is 19.1 Å². The third-order valence-electron chi connectivity index (χ3n) is 2.05. The molecule has 3 N–H and O–H groups in total. The first-order valence-electron chi connectivity index (χ1n) is 5.76. The number of aliphatic hydroxyl groups excluding tert-OH is 1. The summed E-state index contributed by atoms with van der Waals surface area (Å²) in [7, 11) is 0. The average Bonchev–Trinajstić information content (AvgIpc) is 2.93. The zero-order chi connectivity index (χ0) is 14.0. The highest BCUT2D eigenvalue weighted by Gasteiger charge is 2.08. The van der Waals surface area contributed by atoms with E-state index in [-0.39, 0.29) is 11.9 Å². The zero-order valence-corrected chi connectivity index (χ0v) is 10.3. The topological polar surface area (TPSA) is 113 Å². The molecule has 7 nitrogen and oxygen atoms in total. The Morgan fingerprint density at radius 2 is 1.94 bits per heavy atom. The monoisotopic (exact) mass is 261 g/mol. The van der Waals surface area contributed by atoms with Crippen LogP contribution in [0.2, 0.25) is 0 Å². The summed E-state index contributed by atoms with van der Waals surface area (Å²) in [5, 5.41) is 18.5. The summed E-state index contributed by atoms with van der Waals surface area (Å²) in [5.41, 5.74) is 0. The third-order valence-corrected chi connectivity index (χ3v) is 2.05. The van der Waals surface area contributed by atoms with Gasteiger partial charge in [-0.05, 0) is 19.8 Å². The number of rotatable bonds is 1. The molecule has 0 radical (unpaired) electrons. The van der Waals surface area contributed by atoms with Crippen LogP contribution >= 0.6 is 0 Å². The quantitative estimate of drug-likeness (QED) is 0.557. The maximum atomic E-state index is 10.1. The summed E-state index contributed by atoms with van der Waals surface area (Å²) in [6.45, 7) is 2.72. The van der Waals surface area contributed by atoms with E-state index in [2.05, 4.69) is 10.1 Å². The Morgan fingerprint density at radius 3 is 2.06 bits per heavy atom. The molecule has 2 heterocycles. The number of esters is 1. The molecule has 0 aromatic rings. The van der Waals surface area contributed by atoms with Crippen molar-refractivity contribution >= 4 is 17.8 Å². The fourth-order valence-corrected chi connectivity index (χ4v) is 1.04. The largest absolute Gasteiger partial charge is 0.479 e. The first-order chi connectivity index (χ1) is 8.43. The summed E-state index contributed by atoms with van der Waals surface area (Å²) in [4.78, 5) is 29.6. The molecule has 0 saturated carbocycles. The van der Waals surface area contributed by atoms with Crippen LogP contribution in [0.4, 0.5) is 0 Å². The Morgan fingerprint density at radius 1 is 1.33 bits per heavy atom. The van der Waals surface area contributed by atoms with Gasteiger partial charge in [0, 0.05) is 19.4 Å². The lowest BCUT2D eigenvalue weighted by molar-refractivity contribution is -0.145. The van der Waals surface area contributed by atoms with E-state index in [4.69, 9.17) is 10.2 Å². The standard InChI is InChI=1S/C4H7NO.C4H6O2.C3H6O3/c6-4-2-1-3-5-4;5-4-2-1-3-6-4;1-2(4)3(5)6/h1-3H2,(H,5,6);1-3H2;2,4H,1H3,(H,5,6). The van der Waals surface area contributed by atoms with Gasteiger partial charge in [0.05, 0.1) is 6.61 Å². The van der Waals surface area contributed by atoms with Gasteiger partial charge < -0.3 is 20.3 Å². The maximum absolute atomic E-state index is 10.1. The van der Waals surface area contributed by atoms with Crippen molar-refractivity contribution in [2.24, 2.45) is 0 Å². The highest BCUT2D eigenvalue weighted by molar-refractivity contribution is 5.77. The molecule has 18 heavy (non-hydrogen) atoms. The summed E-state index contributed by atoms with van der Waals surface area (Å²) in [5.74, 6) is -1.03. The fraction of sp³-hybridized carbons (Fsp3) is 0.727. The van der Waals surface area contributed by atoms with Crippen molar-refractivity contribution < 1.29 is 29.3 Å². The van der Waals surface area contributed by atoms with Crippen LogP contribution in [0.15, 0.2) is 0 Å². The van der Waals surface area contributed by atoms with Crippen molar-refractivity contribution in [3.63, 3.8) is 0 Å². The Hall–Kier alpha value is -1.63. The van der Waals surface area contributed by atoms with Crippen LogP contribution < -0.4 is 5.32 Å². The SMILES string of the molecule is CC(O)C(=O)O.O=C1CCCN1.O=C1CCCO1. The normalized spacial score (nSPS) is 18.6. The molecule has 0 bridgehead atoms. The van der Waals surface area contributed by atoms with E-state index in [1.54, 1.807) is 0 Å². The molecule has 2 aliphatic rings. The van der Waals surface area contributed by atoms with Crippen LogP contribution in [-0.4, -0.2) is 47.3 Å². The van der Waals surface area contributed by atoms with Crippen LogP contribution in [0.1, 0.15) is 32.6 Å². The van der Waals surface area contributed by atoms with Gasteiger partial charge in [0.2, 0.25) is 5.91 Å². The predicted octanol–water partition coefficient (Wildman–Crippen LogP) is -0.328. The van der Waals surface area contributed by atoms with Gasteiger partial charge >= 0.3 is 11.9 Å². The van der Waals surface area contributed by atoms with Crippen LogP contribution in [0.5, 0.6) is 0 Å². The number of ether oxygens (including phenoxy) is 1. The molecule has 1 atom stereocenters. The molecule has 2 saturated heterocycles. The summed E-state index contributed by atoms with van der Waals surface area (Å²) < 4.78 is 4.51. The number of hydrogen-bond acceptors (Lipinski definition) is 5. The number of nitrogens with one attached hydrogen (secondary N) is 1. The molecular formula is C11H19NO6. The Balaban J connectivity index is 0.000000241. The van der Waals surface area contributed by atoms with Gasteiger partial charge in [0.25, 0.3) is 0 Å². The number of carbonyl (C=O) groups is 3. The number of aliphatic hydroxyl groups is 1. The van der Waals surface area contributed by atoms with Gasteiger partial charge in [0.1, 0.15) is 6.10 Å². The number of carbonyl (C=O) groups excluding carboxylic acids is 2. The molecular weight excluding hydrogens is 242 g/mol. The van der Waals surface area contributed by atoms with Crippen molar-refractivity contribution in [3.8, 4) is 0 Å². The van der Waals surface area contributed by atoms with E-state index in [1.165, 1.54) is 6.92 Å². The minimum atomic E-state index is -1.23. The van der Waals surface area contributed by atoms with Crippen molar-refractivity contribution in [2.75, 3.05) is 13.2 Å². The number of cyclic esters (lactones) is 1. The van der Waals surface area contributed by atoms with Gasteiger partial charge in [0.15, 0.2) is 0 Å². The first-order valence-corrected chi connectivity index (χ1v) is 5.76. The summed E-state index contributed by atoms with van der Waals surface area (Å²) in [6.07, 6.45) is 2.07. The molecule has 7 heteroatoms. The molecule has 2 rings (SSSR count). The van der Waals surface area contributed by atoms with E-state index in [0.717, 1.165) is 25.8 Å². The van der Waals surface area contributed by atoms with E-state index in [1.807, 2.05) is 0 Å². The van der Waals surface area contributed by atoms with Crippen LogP contribution in [0.25, 0.3) is 0 Å². The van der Waals surface area contributed by atoms with Gasteiger partial charge in [-0.2, -0.15) is 0 Å². The van der Waals surface area contributed by atoms with E-state index < -0.39 is 12.1 Å². The van der Waals surface area contributed by atoms with Gasteiger partial charge in [-0.25, -0.2) is 4.79 Å². The molecule has 2 fully saturated rings. The van der Waals surface area contributed by atoms with E-state index in [0.29, 0.717) is 13.0 Å². The number of carboxylic acid groups (broad SMARTS) is 1. The van der Waals surface area contributed by atoms with E-state index in [9.17, 15) is 14.4 Å². The molecule has 1 amide bonds. The number of aliphatic carboxylic acids is 1. The second-order valence-electron chi connectivity index (χ2n) is 3.79. The number of carboxylic acids is 1. The van der Waals surface area contributed by atoms with E-state index >= 15 is 0 Å². The molecule has 0 aromatic heterocycles. The molecule has 104 valence electrons. The molecule has 0 spiro atoms. The highest BCUT2D eigenvalue weighted by atomic mass is 16.5. The van der Waals surface area contributed by atoms with Crippen molar-refractivity contribution in [2.45, 2.75) is 38.7 Å². The zero-order valence-electron chi connectivity index (χ0n) is 10.3. The Labute approximate surface area is 105 Å². The van der Waals surface area contributed by atoms with Gasteiger partial charge in [-0.1, -0.05) is 0 Å². The van der Waals surface area contributed by atoms with Crippen LogP contribution in [0, 0.1) is 0 Å². The molecule has 0 aliphatic carbocycles. The number of amides is 1. The lowest BCUT2D eigenvalue weighted by Gasteiger charge is -1.89. The minimum absolute atomic E-state index is 0.0463. The van der Waals surface area contributed by atoms with Crippen molar-refractivity contribution in [1.82, 2.24) is 5.32 Å². The Bertz CT molecular complexity index is 251. The van der Waals surface area contributed by atoms with Gasteiger partial charge in [-0.15, -0.1) is 0 Å². The highest BCUT2D eigenvalue weighted by Crippen LogP contribution is 2.01. The Kier molecular flexibility index (Phi) is 8.55. The predicted molar refractivity (Wildman–Crippen MR) is 61.8 cm³/mol. The average molecular weight is 261 g/mol. The molecule has 0 aromatic carbocycles. The summed E-state index contributed by atoms with van der Waals surface area (Å²) in [6, 6.07) is 0. The lowest BCUT2D eigenvalue weighted by atomic mass is 10.4. The first kappa shape index (κ1) is 16.4. The second kappa shape index (κ2) is 9.41. The fourth-order valence-electron chi connectivity index (χ4n) is 1.04. The smallest absolute Gasteiger partial charge is 0.332 e. The minimum Gasteiger partial charge on any atom is -0.479 e. The second-order valence-corrected chi connectivity index (χ2v) is 3.79. The number of hydrogen-bond donors (Lipinski definition) is 3. The van der Waals surface area contributed by atoms with Crippen molar-refractivity contribution in [3.05, 3.63) is 0 Å².